The molecule has 0 N–H and O–H groups in total. The molecule has 0 unspecified atom stereocenters. The maximum absolute atomic E-state index is 2.54. The van der Waals surface area contributed by atoms with Gasteiger partial charge in [-0.05, 0) is 90.5 Å². The van der Waals surface area contributed by atoms with Gasteiger partial charge in [0.2, 0.25) is 0 Å². The number of aryl methyl sites for hydroxylation is 2. The molecule has 3 heteroatoms. The molecule has 2 nitrogen and oxygen atoms in total. The summed E-state index contributed by atoms with van der Waals surface area (Å²) < 4.78 is 0. The number of para-hydroxylation sites is 1. The van der Waals surface area contributed by atoms with Gasteiger partial charge in [0.1, 0.15) is 0 Å². The second-order valence-electron chi connectivity index (χ2n) is 12.3. The van der Waals surface area contributed by atoms with E-state index in [2.05, 4.69) is 142 Å². The summed E-state index contributed by atoms with van der Waals surface area (Å²) in [7, 11) is 0. The Morgan fingerprint density at radius 3 is 2.15 bits per heavy atom. The molecule has 3 aliphatic rings. The largest absolute Gasteiger partial charge is 0.312 e. The van der Waals surface area contributed by atoms with Crippen LogP contribution in [0.1, 0.15) is 50.3 Å². The molecule has 4 aromatic carbocycles. The maximum atomic E-state index is 2.54. The van der Waals surface area contributed by atoms with Crippen LogP contribution in [0, 0.1) is 13.8 Å². The SMILES string of the molecule is Cc1ccc(N2c3ccc(C)cc3B3c4ccccc4N(C4=CCCC=C4)c4ccc(C(C)(C)C)c2c43)cc1. The van der Waals surface area contributed by atoms with E-state index in [0.29, 0.717) is 0 Å². The molecule has 0 atom stereocenters. The van der Waals surface area contributed by atoms with Gasteiger partial charge in [-0.25, -0.2) is 0 Å². The highest BCUT2D eigenvalue weighted by molar-refractivity contribution is 7.00. The van der Waals surface area contributed by atoms with Crippen LogP contribution in [-0.4, -0.2) is 6.71 Å². The van der Waals surface area contributed by atoms with Gasteiger partial charge in [-0.3, -0.25) is 0 Å². The molecule has 0 bridgehead atoms. The first kappa shape index (κ1) is 24.1. The zero-order chi connectivity index (χ0) is 26.9. The predicted octanol–water partition coefficient (Wildman–Crippen LogP) is 7.59. The van der Waals surface area contributed by atoms with Gasteiger partial charge in [0, 0.05) is 34.1 Å². The lowest BCUT2D eigenvalue weighted by Crippen LogP contribution is -2.62. The number of allylic oxidation sites excluding steroid dienone is 3. The summed E-state index contributed by atoms with van der Waals surface area (Å²) in [6.45, 7) is 11.6. The molecule has 1 aliphatic carbocycles. The zero-order valence-corrected chi connectivity index (χ0v) is 23.6. The molecule has 0 saturated heterocycles. The number of anilines is 5. The molecule has 0 fully saturated rings. The first-order valence-corrected chi connectivity index (χ1v) is 14.2. The highest BCUT2D eigenvalue weighted by Gasteiger charge is 2.45. The fourth-order valence-electron chi connectivity index (χ4n) is 6.70. The van der Waals surface area contributed by atoms with Gasteiger partial charge in [-0.15, -0.1) is 0 Å². The number of nitrogens with zero attached hydrogens (tertiary/aromatic N) is 2. The van der Waals surface area contributed by atoms with Crippen LogP contribution in [0.4, 0.5) is 28.4 Å². The fourth-order valence-corrected chi connectivity index (χ4v) is 6.70. The van der Waals surface area contributed by atoms with E-state index in [1.807, 2.05) is 0 Å². The van der Waals surface area contributed by atoms with E-state index < -0.39 is 0 Å². The molecular weight excluding hydrogens is 471 g/mol. The first-order valence-electron chi connectivity index (χ1n) is 14.2. The third-order valence-electron chi connectivity index (χ3n) is 8.50. The van der Waals surface area contributed by atoms with E-state index in [-0.39, 0.29) is 12.1 Å². The first-order chi connectivity index (χ1) is 18.8. The van der Waals surface area contributed by atoms with Crippen molar-refractivity contribution in [1.82, 2.24) is 0 Å². The van der Waals surface area contributed by atoms with Crippen molar-refractivity contribution in [3.05, 3.63) is 119 Å². The summed E-state index contributed by atoms with van der Waals surface area (Å²) in [6, 6.07) is 29.9. The Kier molecular flexibility index (Phi) is 5.42. The minimum Gasteiger partial charge on any atom is -0.312 e. The molecule has 2 heterocycles. The number of fused-ring (bicyclic) bond motifs is 4. The summed E-state index contributed by atoms with van der Waals surface area (Å²) in [5.41, 5.74) is 15.8. The van der Waals surface area contributed by atoms with Crippen molar-refractivity contribution in [1.29, 1.82) is 0 Å². The Morgan fingerprint density at radius 1 is 0.692 bits per heavy atom. The lowest BCUT2D eigenvalue weighted by molar-refractivity contribution is 0.591. The normalized spacial score (nSPS) is 15.5. The van der Waals surface area contributed by atoms with Crippen molar-refractivity contribution in [3.63, 3.8) is 0 Å². The van der Waals surface area contributed by atoms with Gasteiger partial charge in [0.15, 0.2) is 0 Å². The molecule has 7 rings (SSSR count). The summed E-state index contributed by atoms with van der Waals surface area (Å²) in [6.07, 6.45) is 9.21. The third kappa shape index (κ3) is 3.71. The van der Waals surface area contributed by atoms with E-state index in [4.69, 9.17) is 0 Å². The second-order valence-corrected chi connectivity index (χ2v) is 12.3. The zero-order valence-electron chi connectivity index (χ0n) is 23.6. The van der Waals surface area contributed by atoms with Gasteiger partial charge in [0.25, 0.3) is 6.71 Å². The van der Waals surface area contributed by atoms with Gasteiger partial charge in [-0.2, -0.15) is 0 Å². The molecule has 0 aromatic heterocycles. The van der Waals surface area contributed by atoms with E-state index in [1.54, 1.807) is 0 Å². The number of hydrogen-bond acceptors (Lipinski definition) is 2. The quantitative estimate of drug-likeness (QED) is 0.228. The van der Waals surface area contributed by atoms with Crippen LogP contribution in [0.3, 0.4) is 0 Å². The van der Waals surface area contributed by atoms with Gasteiger partial charge in [0.05, 0.1) is 0 Å². The molecule has 4 aromatic rings. The summed E-state index contributed by atoms with van der Waals surface area (Å²) in [5, 5.41) is 0. The van der Waals surface area contributed by atoms with E-state index in [0.717, 1.165) is 12.8 Å². The Balaban J connectivity index is 1.63. The highest BCUT2D eigenvalue weighted by Crippen LogP contribution is 2.46. The third-order valence-corrected chi connectivity index (χ3v) is 8.50. The Hall–Kier alpha value is -3.98. The Labute approximate surface area is 233 Å². The van der Waals surface area contributed by atoms with Crippen molar-refractivity contribution in [2.24, 2.45) is 0 Å². The summed E-state index contributed by atoms with van der Waals surface area (Å²) in [4.78, 5) is 5.06. The van der Waals surface area contributed by atoms with Crippen molar-refractivity contribution in [3.8, 4) is 0 Å². The minimum absolute atomic E-state index is 0.0220. The molecule has 0 amide bonds. The molecule has 39 heavy (non-hydrogen) atoms. The lowest BCUT2D eigenvalue weighted by Gasteiger charge is -2.46. The average Bonchev–Trinajstić information content (AvgIpc) is 2.93. The van der Waals surface area contributed by atoms with Crippen molar-refractivity contribution in [2.75, 3.05) is 9.80 Å². The fraction of sp³-hybridized carbons (Fsp3) is 0.222. The van der Waals surface area contributed by atoms with E-state index in [9.17, 15) is 0 Å². The van der Waals surface area contributed by atoms with Crippen LogP contribution in [0.2, 0.25) is 0 Å². The van der Waals surface area contributed by atoms with E-state index in [1.165, 1.54) is 67.2 Å². The van der Waals surface area contributed by atoms with Gasteiger partial charge < -0.3 is 9.80 Å². The standard InChI is InChI=1S/C36H35BN2/c1-24-15-18-27(19-16-24)39-32-21-17-25(2)23-30(32)37-29-13-9-10-14-31(29)38(26-11-7-6-8-12-26)33-22-20-28(36(3,4)5)35(39)34(33)37/h7,9-23H,6,8H2,1-5H3. The molecule has 0 radical (unpaired) electrons. The Morgan fingerprint density at radius 2 is 1.41 bits per heavy atom. The second kappa shape index (κ2) is 8.78. The van der Waals surface area contributed by atoms with Crippen molar-refractivity contribution < 1.29 is 0 Å². The topological polar surface area (TPSA) is 6.48 Å². The van der Waals surface area contributed by atoms with Crippen LogP contribution >= 0.6 is 0 Å². The predicted molar refractivity (Wildman–Crippen MR) is 169 cm³/mol. The Bertz CT molecular complexity index is 1670. The minimum atomic E-state index is -0.0220. The van der Waals surface area contributed by atoms with Crippen LogP contribution < -0.4 is 26.2 Å². The lowest BCUT2D eigenvalue weighted by atomic mass is 9.33. The monoisotopic (exact) mass is 506 g/mol. The molecular formula is C36H35BN2. The number of benzene rings is 4. The van der Waals surface area contributed by atoms with Crippen molar-refractivity contribution >= 4 is 51.5 Å². The van der Waals surface area contributed by atoms with Crippen LogP contribution in [0.25, 0.3) is 0 Å². The molecule has 0 saturated carbocycles. The molecule has 2 aliphatic heterocycles. The maximum Gasteiger partial charge on any atom is 0.252 e. The summed E-state index contributed by atoms with van der Waals surface area (Å²) in [5.74, 6) is 0. The van der Waals surface area contributed by atoms with Crippen LogP contribution in [0.5, 0.6) is 0 Å². The van der Waals surface area contributed by atoms with Crippen molar-refractivity contribution in [2.45, 2.75) is 52.9 Å². The highest BCUT2D eigenvalue weighted by atomic mass is 15.2. The van der Waals surface area contributed by atoms with Gasteiger partial charge in [-0.1, -0.05) is 92.6 Å². The smallest absolute Gasteiger partial charge is 0.252 e. The van der Waals surface area contributed by atoms with E-state index >= 15 is 0 Å². The van der Waals surface area contributed by atoms with Crippen LogP contribution in [-0.2, 0) is 5.41 Å². The summed E-state index contributed by atoms with van der Waals surface area (Å²) >= 11 is 0. The average molecular weight is 507 g/mol. The van der Waals surface area contributed by atoms with Crippen LogP contribution in [0.15, 0.2) is 103 Å². The molecule has 192 valence electrons. The number of rotatable bonds is 2. The van der Waals surface area contributed by atoms with Gasteiger partial charge >= 0.3 is 0 Å². The molecule has 0 spiro atoms. The number of hydrogen-bond donors (Lipinski definition) is 0.